The van der Waals surface area contributed by atoms with Crippen molar-refractivity contribution in [2.75, 3.05) is 13.2 Å². The number of hydrogen-bond donors (Lipinski definition) is 0. The van der Waals surface area contributed by atoms with Crippen molar-refractivity contribution in [2.24, 2.45) is 10.9 Å². The molecule has 2 aliphatic rings. The summed E-state index contributed by atoms with van der Waals surface area (Å²) < 4.78 is 5.77. The maximum absolute atomic E-state index is 5.77. The monoisotopic (exact) mass is 317 g/mol. The average Bonchev–Trinajstić information content (AvgIpc) is 2.92. The Balaban J connectivity index is 1.65. The maximum atomic E-state index is 5.77. The number of nitrogens with zero attached hydrogens (tertiary/aromatic N) is 1. The molecule has 0 aromatic heterocycles. The van der Waals surface area contributed by atoms with Gasteiger partial charge >= 0.3 is 0 Å². The van der Waals surface area contributed by atoms with E-state index in [-0.39, 0.29) is 6.04 Å². The molecule has 3 heteroatoms. The van der Waals surface area contributed by atoms with Crippen LogP contribution in [0.4, 0.5) is 0 Å². The summed E-state index contributed by atoms with van der Waals surface area (Å²) in [7, 11) is -0.983. The molecular weight excluding hydrogens is 286 g/mol. The molecule has 1 saturated carbocycles. The van der Waals surface area contributed by atoms with E-state index in [2.05, 4.69) is 48.6 Å². The summed E-state index contributed by atoms with van der Waals surface area (Å²) in [5.74, 6) is 7.40. The van der Waals surface area contributed by atoms with Gasteiger partial charge in [-0.1, -0.05) is 50.9 Å². The molecule has 2 rings (SSSR count). The molecule has 1 heterocycles. The molecule has 122 valence electrons. The summed E-state index contributed by atoms with van der Waals surface area (Å²) in [5.41, 5.74) is 0.939. The molecule has 22 heavy (non-hydrogen) atoms. The zero-order valence-corrected chi connectivity index (χ0v) is 15.5. The number of hydrogen-bond acceptors (Lipinski definition) is 2. The van der Waals surface area contributed by atoms with Crippen LogP contribution in [0.15, 0.2) is 17.1 Å². The van der Waals surface area contributed by atoms with E-state index in [1.54, 1.807) is 0 Å². The van der Waals surface area contributed by atoms with E-state index in [1.807, 2.05) is 0 Å². The van der Waals surface area contributed by atoms with E-state index in [0.717, 1.165) is 24.7 Å². The number of ether oxygens (including phenoxy) is 1. The fourth-order valence-corrected chi connectivity index (χ4v) is 3.65. The quantitative estimate of drug-likeness (QED) is 0.395. The lowest BCUT2D eigenvalue weighted by Crippen LogP contribution is -2.22. The average molecular weight is 318 g/mol. The van der Waals surface area contributed by atoms with Gasteiger partial charge in [0.2, 0.25) is 0 Å². The Labute approximate surface area is 137 Å². The summed E-state index contributed by atoms with van der Waals surface area (Å²) in [4.78, 5) is 4.62. The van der Waals surface area contributed by atoms with E-state index in [0.29, 0.717) is 6.61 Å². The van der Waals surface area contributed by atoms with Crippen molar-refractivity contribution in [3.8, 4) is 11.8 Å². The Morgan fingerprint density at radius 3 is 2.73 bits per heavy atom. The van der Waals surface area contributed by atoms with Gasteiger partial charge in [0.1, 0.15) is 5.71 Å². The van der Waals surface area contributed by atoms with Crippen molar-refractivity contribution >= 4 is 13.8 Å². The van der Waals surface area contributed by atoms with Crippen molar-refractivity contribution < 1.29 is 4.74 Å². The molecule has 1 atom stereocenters. The first-order chi connectivity index (χ1) is 10.5. The predicted octanol–water partition coefficient (Wildman–Crippen LogP) is 4.69. The Bertz CT molecular complexity index is 458. The van der Waals surface area contributed by atoms with Crippen LogP contribution in [0.5, 0.6) is 0 Å². The van der Waals surface area contributed by atoms with Crippen LogP contribution >= 0.6 is 0 Å². The van der Waals surface area contributed by atoms with E-state index < -0.39 is 8.07 Å². The highest BCUT2D eigenvalue weighted by Gasteiger charge is 2.14. The highest BCUT2D eigenvalue weighted by Crippen LogP contribution is 2.25. The fourth-order valence-electron chi connectivity index (χ4n) is 2.89. The van der Waals surface area contributed by atoms with Crippen molar-refractivity contribution in [3.05, 3.63) is 12.2 Å². The SMILES string of the molecule is C[Si](C)(C)CCOCC1C=CC(C#CCC2CCCCC2)=N1. The smallest absolute Gasteiger partial charge is 0.108 e. The number of allylic oxidation sites excluding steroid dienone is 1. The van der Waals surface area contributed by atoms with Crippen LogP contribution in [0, 0.1) is 17.8 Å². The van der Waals surface area contributed by atoms with Crippen LogP contribution in [0.2, 0.25) is 25.7 Å². The molecule has 0 saturated heterocycles. The molecule has 2 nitrogen and oxygen atoms in total. The predicted molar refractivity (Wildman–Crippen MR) is 98.3 cm³/mol. The largest absolute Gasteiger partial charge is 0.379 e. The third-order valence-corrected chi connectivity index (χ3v) is 6.10. The Hall–Kier alpha value is -0.853. The zero-order chi connectivity index (χ0) is 15.8. The molecule has 1 aliphatic carbocycles. The fraction of sp³-hybridized carbons (Fsp3) is 0.737. The first-order valence-electron chi connectivity index (χ1n) is 8.85. The van der Waals surface area contributed by atoms with Gasteiger partial charge in [-0.3, -0.25) is 4.99 Å². The minimum atomic E-state index is -0.983. The van der Waals surface area contributed by atoms with Crippen LogP contribution < -0.4 is 0 Å². The van der Waals surface area contributed by atoms with Crippen molar-refractivity contribution in [3.63, 3.8) is 0 Å². The summed E-state index contributed by atoms with van der Waals surface area (Å²) >= 11 is 0. The van der Waals surface area contributed by atoms with Gasteiger partial charge in [-0.25, -0.2) is 0 Å². The van der Waals surface area contributed by atoms with E-state index in [1.165, 1.54) is 38.1 Å². The molecule has 0 N–H and O–H groups in total. The van der Waals surface area contributed by atoms with Gasteiger partial charge in [-0.05, 0) is 36.8 Å². The number of rotatable bonds is 6. The molecule has 0 aromatic carbocycles. The number of aliphatic imine (C=N–C) groups is 1. The molecule has 1 fully saturated rings. The lowest BCUT2D eigenvalue weighted by atomic mass is 9.87. The second-order valence-electron chi connectivity index (χ2n) is 7.84. The van der Waals surface area contributed by atoms with Crippen molar-refractivity contribution in [1.82, 2.24) is 0 Å². The second kappa shape index (κ2) is 8.69. The van der Waals surface area contributed by atoms with Gasteiger partial charge in [-0.2, -0.15) is 0 Å². The summed E-state index contributed by atoms with van der Waals surface area (Å²) in [6.07, 6.45) is 12.2. The molecule has 0 radical (unpaired) electrons. The molecule has 0 aromatic rings. The molecule has 0 amide bonds. The van der Waals surface area contributed by atoms with Gasteiger partial charge in [0.05, 0.1) is 12.6 Å². The zero-order valence-electron chi connectivity index (χ0n) is 14.5. The van der Waals surface area contributed by atoms with Gasteiger partial charge < -0.3 is 4.74 Å². The van der Waals surface area contributed by atoms with Crippen LogP contribution in [-0.2, 0) is 4.74 Å². The molecular formula is C19H31NOSi. The highest BCUT2D eigenvalue weighted by atomic mass is 28.3. The Morgan fingerprint density at radius 1 is 1.23 bits per heavy atom. The standard InChI is InChI=1S/C19H31NOSi/c1-22(2,3)15-14-21-16-19-13-12-18(20-19)11-7-10-17-8-5-4-6-9-17/h12-13,17,19H,4-6,8-10,14-16H2,1-3H3. The van der Waals surface area contributed by atoms with E-state index in [4.69, 9.17) is 4.74 Å². The van der Waals surface area contributed by atoms with Gasteiger partial charge in [0.25, 0.3) is 0 Å². The first-order valence-corrected chi connectivity index (χ1v) is 12.6. The van der Waals surface area contributed by atoms with Crippen LogP contribution in [0.1, 0.15) is 38.5 Å². The lowest BCUT2D eigenvalue weighted by Gasteiger charge is -2.18. The Kier molecular flexibility index (Phi) is 6.92. The normalized spacial score (nSPS) is 22.3. The van der Waals surface area contributed by atoms with Crippen molar-refractivity contribution in [1.29, 1.82) is 0 Å². The summed E-state index contributed by atoms with van der Waals surface area (Å²) in [6, 6.07) is 1.40. The first kappa shape index (κ1) is 17.5. The van der Waals surface area contributed by atoms with Crippen molar-refractivity contribution in [2.45, 2.75) is 70.3 Å². The topological polar surface area (TPSA) is 21.6 Å². The van der Waals surface area contributed by atoms with Gasteiger partial charge in [0, 0.05) is 21.1 Å². The van der Waals surface area contributed by atoms with Gasteiger partial charge in [-0.15, -0.1) is 0 Å². The van der Waals surface area contributed by atoms with Crippen LogP contribution in [0.3, 0.4) is 0 Å². The molecule has 1 aliphatic heterocycles. The molecule has 0 spiro atoms. The van der Waals surface area contributed by atoms with E-state index >= 15 is 0 Å². The third kappa shape index (κ3) is 6.94. The second-order valence-corrected chi connectivity index (χ2v) is 13.5. The maximum Gasteiger partial charge on any atom is 0.108 e. The Morgan fingerprint density at radius 2 is 2.00 bits per heavy atom. The van der Waals surface area contributed by atoms with Crippen LogP contribution in [-0.4, -0.2) is 33.0 Å². The molecule has 0 bridgehead atoms. The lowest BCUT2D eigenvalue weighted by molar-refractivity contribution is 0.143. The minimum absolute atomic E-state index is 0.181. The van der Waals surface area contributed by atoms with Gasteiger partial charge in [0.15, 0.2) is 0 Å². The van der Waals surface area contributed by atoms with E-state index in [9.17, 15) is 0 Å². The third-order valence-electron chi connectivity index (χ3n) is 4.40. The van der Waals surface area contributed by atoms with Crippen LogP contribution in [0.25, 0.3) is 0 Å². The summed E-state index contributed by atoms with van der Waals surface area (Å²) in [5, 5.41) is 0. The summed E-state index contributed by atoms with van der Waals surface area (Å²) in [6.45, 7) is 8.71. The highest BCUT2D eigenvalue weighted by molar-refractivity contribution is 6.76. The minimum Gasteiger partial charge on any atom is -0.379 e. The molecule has 1 unspecified atom stereocenters.